The van der Waals surface area contributed by atoms with Gasteiger partial charge in [-0.15, -0.1) is 0 Å². The zero-order valence-electron chi connectivity index (χ0n) is 17.4. The van der Waals surface area contributed by atoms with Gasteiger partial charge in [0, 0.05) is 18.7 Å². The van der Waals surface area contributed by atoms with E-state index in [-0.39, 0.29) is 36.7 Å². The van der Waals surface area contributed by atoms with E-state index in [9.17, 15) is 14.4 Å². The average molecular weight is 409 g/mol. The Morgan fingerprint density at radius 2 is 1.70 bits per heavy atom. The largest absolute Gasteiger partial charge is 0.497 e. The molecule has 0 aromatic heterocycles. The maximum atomic E-state index is 12.6. The van der Waals surface area contributed by atoms with Crippen molar-refractivity contribution in [3.63, 3.8) is 0 Å². The van der Waals surface area contributed by atoms with Crippen molar-refractivity contribution in [3.05, 3.63) is 60.2 Å². The van der Waals surface area contributed by atoms with Gasteiger partial charge in [-0.3, -0.25) is 14.4 Å². The monoisotopic (exact) mass is 409 g/mol. The summed E-state index contributed by atoms with van der Waals surface area (Å²) in [6, 6.07) is 15.9. The standard InChI is InChI=1S/C23H27N3O4/c1-15(17-7-5-4-6-8-17)24-22(28)16(2)25-23(29)18-13-21(27)26(14-18)19-9-11-20(30-3)12-10-19/h4-12,15-16,18H,13-14H2,1-3H3,(H,24,28)(H,25,29)/t15?,16-,18?/m0/s1. The predicted octanol–water partition coefficient (Wildman–Crippen LogP) is 2.43. The molecule has 1 aliphatic heterocycles. The van der Waals surface area contributed by atoms with Crippen LogP contribution in [0.3, 0.4) is 0 Å². The number of benzene rings is 2. The first-order valence-corrected chi connectivity index (χ1v) is 9.99. The van der Waals surface area contributed by atoms with E-state index in [1.54, 1.807) is 43.2 Å². The number of carbonyl (C=O) groups is 3. The Labute approximate surface area is 176 Å². The molecule has 3 rings (SSSR count). The summed E-state index contributed by atoms with van der Waals surface area (Å²) in [5.41, 5.74) is 1.71. The Morgan fingerprint density at radius 3 is 2.33 bits per heavy atom. The van der Waals surface area contributed by atoms with Crippen molar-refractivity contribution >= 4 is 23.4 Å². The van der Waals surface area contributed by atoms with Gasteiger partial charge in [-0.1, -0.05) is 30.3 Å². The number of rotatable bonds is 7. The number of amides is 3. The summed E-state index contributed by atoms with van der Waals surface area (Å²) in [7, 11) is 1.58. The lowest BCUT2D eigenvalue weighted by molar-refractivity contribution is -0.131. The van der Waals surface area contributed by atoms with Gasteiger partial charge in [0.25, 0.3) is 0 Å². The van der Waals surface area contributed by atoms with Gasteiger partial charge in [0.2, 0.25) is 17.7 Å². The second-order valence-corrected chi connectivity index (χ2v) is 7.47. The summed E-state index contributed by atoms with van der Waals surface area (Å²) in [5.74, 6) is -0.480. The predicted molar refractivity (Wildman–Crippen MR) is 114 cm³/mol. The van der Waals surface area contributed by atoms with E-state index >= 15 is 0 Å². The third-order valence-electron chi connectivity index (χ3n) is 5.29. The number of hydrogen-bond donors (Lipinski definition) is 2. The van der Waals surface area contributed by atoms with E-state index in [1.807, 2.05) is 37.3 Å². The number of nitrogens with zero attached hydrogens (tertiary/aromatic N) is 1. The van der Waals surface area contributed by atoms with Crippen LogP contribution in [0.25, 0.3) is 0 Å². The lowest BCUT2D eigenvalue weighted by Crippen LogP contribution is -2.47. The molecule has 158 valence electrons. The number of ether oxygens (including phenoxy) is 1. The molecule has 1 heterocycles. The van der Waals surface area contributed by atoms with Crippen molar-refractivity contribution < 1.29 is 19.1 Å². The molecule has 3 atom stereocenters. The van der Waals surface area contributed by atoms with Gasteiger partial charge < -0.3 is 20.3 Å². The lowest BCUT2D eigenvalue weighted by Gasteiger charge is -2.20. The molecule has 1 fully saturated rings. The van der Waals surface area contributed by atoms with Crippen LogP contribution in [0.5, 0.6) is 5.75 Å². The fourth-order valence-corrected chi connectivity index (χ4v) is 3.46. The molecule has 0 spiro atoms. The highest BCUT2D eigenvalue weighted by molar-refractivity contribution is 6.01. The Hall–Kier alpha value is -3.35. The topological polar surface area (TPSA) is 87.7 Å². The number of methoxy groups -OCH3 is 1. The van der Waals surface area contributed by atoms with E-state index in [0.717, 1.165) is 11.3 Å². The van der Waals surface area contributed by atoms with Crippen molar-refractivity contribution in [2.24, 2.45) is 5.92 Å². The Morgan fingerprint density at radius 1 is 1.03 bits per heavy atom. The second-order valence-electron chi connectivity index (χ2n) is 7.47. The summed E-state index contributed by atoms with van der Waals surface area (Å²) in [6.07, 6.45) is 0.118. The van der Waals surface area contributed by atoms with Crippen LogP contribution in [0.2, 0.25) is 0 Å². The maximum Gasteiger partial charge on any atom is 0.242 e. The fraction of sp³-hybridized carbons (Fsp3) is 0.348. The van der Waals surface area contributed by atoms with Crippen LogP contribution in [0.15, 0.2) is 54.6 Å². The summed E-state index contributed by atoms with van der Waals surface area (Å²) in [6.45, 7) is 3.82. The molecule has 1 saturated heterocycles. The minimum Gasteiger partial charge on any atom is -0.497 e. The van der Waals surface area contributed by atoms with Crippen molar-refractivity contribution in [2.75, 3.05) is 18.6 Å². The first-order valence-electron chi connectivity index (χ1n) is 9.99. The van der Waals surface area contributed by atoms with Crippen LogP contribution in [-0.2, 0) is 14.4 Å². The molecule has 2 aromatic rings. The van der Waals surface area contributed by atoms with Gasteiger partial charge in [-0.05, 0) is 43.7 Å². The Bertz CT molecular complexity index is 898. The Balaban J connectivity index is 1.54. The summed E-state index contributed by atoms with van der Waals surface area (Å²) in [5, 5.41) is 5.64. The first-order chi connectivity index (χ1) is 14.4. The molecule has 2 N–H and O–H groups in total. The molecular formula is C23H27N3O4. The minimum absolute atomic E-state index is 0.116. The molecule has 0 saturated carbocycles. The zero-order valence-corrected chi connectivity index (χ0v) is 17.4. The summed E-state index contributed by atoms with van der Waals surface area (Å²) >= 11 is 0. The molecule has 0 aliphatic carbocycles. The second kappa shape index (κ2) is 9.43. The number of carbonyl (C=O) groups excluding carboxylic acids is 3. The molecular weight excluding hydrogens is 382 g/mol. The van der Waals surface area contributed by atoms with Gasteiger partial charge in [0.05, 0.1) is 19.1 Å². The number of anilines is 1. The van der Waals surface area contributed by atoms with Crippen LogP contribution in [-0.4, -0.2) is 37.4 Å². The van der Waals surface area contributed by atoms with Crippen LogP contribution in [0.4, 0.5) is 5.69 Å². The van der Waals surface area contributed by atoms with Gasteiger partial charge in [-0.25, -0.2) is 0 Å². The van der Waals surface area contributed by atoms with Crippen LogP contribution < -0.4 is 20.3 Å². The quantitative estimate of drug-likeness (QED) is 0.735. The smallest absolute Gasteiger partial charge is 0.242 e. The van der Waals surface area contributed by atoms with Crippen LogP contribution in [0.1, 0.15) is 31.9 Å². The van der Waals surface area contributed by atoms with Crippen LogP contribution in [0, 0.1) is 5.92 Å². The molecule has 1 aliphatic rings. The average Bonchev–Trinajstić information content (AvgIpc) is 3.16. The molecule has 7 nitrogen and oxygen atoms in total. The van der Waals surface area contributed by atoms with E-state index in [2.05, 4.69) is 10.6 Å². The Kier molecular flexibility index (Phi) is 6.72. The van der Waals surface area contributed by atoms with Crippen molar-refractivity contribution in [3.8, 4) is 5.75 Å². The summed E-state index contributed by atoms with van der Waals surface area (Å²) < 4.78 is 5.13. The normalized spacial score (nSPS) is 17.9. The van der Waals surface area contributed by atoms with Crippen LogP contribution >= 0.6 is 0 Å². The molecule has 7 heteroatoms. The minimum atomic E-state index is -0.700. The van der Waals surface area contributed by atoms with E-state index in [4.69, 9.17) is 4.74 Å². The highest BCUT2D eigenvalue weighted by atomic mass is 16.5. The van der Waals surface area contributed by atoms with Gasteiger partial charge in [0.15, 0.2) is 0 Å². The molecule has 2 unspecified atom stereocenters. The van der Waals surface area contributed by atoms with E-state index < -0.39 is 12.0 Å². The maximum absolute atomic E-state index is 12.6. The number of nitrogens with one attached hydrogen (secondary N) is 2. The van der Waals surface area contributed by atoms with Crippen molar-refractivity contribution in [2.45, 2.75) is 32.4 Å². The summed E-state index contributed by atoms with van der Waals surface area (Å²) in [4.78, 5) is 39.1. The third-order valence-corrected chi connectivity index (χ3v) is 5.29. The molecule has 3 amide bonds. The first kappa shape index (κ1) is 21.4. The lowest BCUT2D eigenvalue weighted by atomic mass is 10.1. The fourth-order valence-electron chi connectivity index (χ4n) is 3.46. The van der Waals surface area contributed by atoms with Gasteiger partial charge in [-0.2, -0.15) is 0 Å². The highest BCUT2D eigenvalue weighted by Crippen LogP contribution is 2.27. The zero-order chi connectivity index (χ0) is 21.7. The SMILES string of the molecule is COc1ccc(N2CC(C(=O)N[C@@H](C)C(=O)NC(C)c3ccccc3)CC2=O)cc1. The van der Waals surface area contributed by atoms with Gasteiger partial charge >= 0.3 is 0 Å². The van der Waals surface area contributed by atoms with Gasteiger partial charge in [0.1, 0.15) is 11.8 Å². The van der Waals surface area contributed by atoms with E-state index in [1.165, 1.54) is 0 Å². The molecule has 0 bridgehead atoms. The highest BCUT2D eigenvalue weighted by Gasteiger charge is 2.36. The number of hydrogen-bond acceptors (Lipinski definition) is 4. The van der Waals surface area contributed by atoms with Crippen molar-refractivity contribution in [1.82, 2.24) is 10.6 Å². The molecule has 0 radical (unpaired) electrons. The van der Waals surface area contributed by atoms with E-state index in [0.29, 0.717) is 5.75 Å². The third kappa shape index (κ3) is 4.97. The molecule has 2 aromatic carbocycles. The molecule has 30 heavy (non-hydrogen) atoms. The van der Waals surface area contributed by atoms with Crippen molar-refractivity contribution in [1.29, 1.82) is 0 Å².